The molecule has 3 rings (SSSR count). The number of sulfone groups is 2. The molecular formula is C18H25N3O6S4. The van der Waals surface area contributed by atoms with E-state index in [9.17, 15) is 25.3 Å². The monoisotopic (exact) mass is 507 g/mol. The van der Waals surface area contributed by atoms with Crippen LogP contribution in [-0.4, -0.2) is 86.2 Å². The molecule has 1 fully saturated rings. The Balaban J connectivity index is 1.65. The predicted molar refractivity (Wildman–Crippen MR) is 121 cm³/mol. The predicted octanol–water partition coefficient (Wildman–Crippen LogP) is 0.974. The van der Waals surface area contributed by atoms with Crippen LogP contribution >= 0.6 is 11.3 Å². The van der Waals surface area contributed by atoms with E-state index in [1.165, 1.54) is 34.6 Å². The Kier molecular flexibility index (Phi) is 7.13. The topological polar surface area (TPSA) is 121 Å². The van der Waals surface area contributed by atoms with Crippen molar-refractivity contribution >= 4 is 46.0 Å². The van der Waals surface area contributed by atoms with Gasteiger partial charge >= 0.3 is 0 Å². The molecule has 13 heteroatoms. The second kappa shape index (κ2) is 9.16. The van der Waals surface area contributed by atoms with Crippen LogP contribution in [0.15, 0.2) is 50.4 Å². The van der Waals surface area contributed by atoms with Crippen LogP contribution in [0.4, 0.5) is 5.00 Å². The van der Waals surface area contributed by atoms with Crippen LogP contribution in [-0.2, 0) is 29.7 Å². The fraction of sp³-hybridized carbons (Fsp3) is 0.444. The van der Waals surface area contributed by atoms with Crippen molar-refractivity contribution in [1.29, 1.82) is 0 Å². The van der Waals surface area contributed by atoms with Crippen LogP contribution < -0.4 is 5.32 Å². The van der Waals surface area contributed by atoms with E-state index >= 15 is 0 Å². The van der Waals surface area contributed by atoms with Crippen molar-refractivity contribution in [2.45, 2.75) is 14.0 Å². The molecule has 0 bridgehead atoms. The van der Waals surface area contributed by atoms with Crippen LogP contribution in [0.25, 0.3) is 0 Å². The third kappa shape index (κ3) is 5.65. The zero-order chi connectivity index (χ0) is 22.9. The average Bonchev–Trinajstić information content (AvgIpc) is 3.22. The van der Waals surface area contributed by atoms with Crippen molar-refractivity contribution in [1.82, 2.24) is 9.21 Å². The molecule has 0 amide bonds. The molecule has 1 N–H and O–H groups in total. The summed E-state index contributed by atoms with van der Waals surface area (Å²) >= 11 is 1.11. The highest BCUT2D eigenvalue weighted by molar-refractivity contribution is 7.93. The van der Waals surface area contributed by atoms with Gasteiger partial charge in [-0.25, -0.2) is 25.3 Å². The minimum atomic E-state index is -3.72. The van der Waals surface area contributed by atoms with Crippen molar-refractivity contribution < 1.29 is 25.3 Å². The molecule has 1 aliphatic rings. The van der Waals surface area contributed by atoms with E-state index in [0.29, 0.717) is 26.2 Å². The third-order valence-corrected chi connectivity index (χ3v) is 11.4. The maximum absolute atomic E-state index is 12.7. The van der Waals surface area contributed by atoms with E-state index < -0.39 is 29.7 Å². The van der Waals surface area contributed by atoms with Gasteiger partial charge in [-0.1, -0.05) is 0 Å². The van der Waals surface area contributed by atoms with E-state index in [0.717, 1.165) is 22.6 Å². The summed E-state index contributed by atoms with van der Waals surface area (Å²) in [4.78, 5) is 2.00. The molecule has 0 aliphatic carbocycles. The van der Waals surface area contributed by atoms with Crippen LogP contribution in [0.1, 0.15) is 0 Å². The molecule has 1 aromatic carbocycles. The van der Waals surface area contributed by atoms with Crippen molar-refractivity contribution in [3.8, 4) is 0 Å². The standard InChI is InChI=1S/C18H25N3O6S4/c1-19-17-7-8-18(28-17)31(26,27)16-5-3-15(4-6-16)30(24,25)14-13-20-9-11-21(12-10-20)29(2,22)23/h3-8,19H,9-14H2,1-2H3. The number of hydrogen-bond acceptors (Lipinski definition) is 9. The molecule has 0 unspecified atom stereocenters. The van der Waals surface area contributed by atoms with Gasteiger partial charge < -0.3 is 5.32 Å². The van der Waals surface area contributed by atoms with E-state index in [1.54, 1.807) is 13.1 Å². The van der Waals surface area contributed by atoms with Crippen LogP contribution in [0.5, 0.6) is 0 Å². The van der Waals surface area contributed by atoms with Gasteiger partial charge in [0.1, 0.15) is 4.21 Å². The normalized spacial score (nSPS) is 17.0. The van der Waals surface area contributed by atoms with Crippen molar-refractivity contribution in [2.75, 3.05) is 57.1 Å². The molecule has 0 saturated carbocycles. The first-order chi connectivity index (χ1) is 14.4. The quantitative estimate of drug-likeness (QED) is 0.561. The molecule has 9 nitrogen and oxygen atoms in total. The molecule has 1 aromatic heterocycles. The first-order valence-electron chi connectivity index (χ1n) is 9.46. The van der Waals surface area contributed by atoms with Crippen LogP contribution in [0.2, 0.25) is 0 Å². The second-order valence-corrected chi connectivity index (χ2v) is 14.5. The zero-order valence-electron chi connectivity index (χ0n) is 17.2. The number of thiophene rings is 1. The summed E-state index contributed by atoms with van der Waals surface area (Å²) in [6, 6.07) is 8.44. The number of sulfonamides is 1. The molecule has 31 heavy (non-hydrogen) atoms. The van der Waals surface area contributed by atoms with Gasteiger partial charge in [0.2, 0.25) is 19.9 Å². The van der Waals surface area contributed by atoms with Crippen molar-refractivity contribution in [3.05, 3.63) is 36.4 Å². The zero-order valence-corrected chi connectivity index (χ0v) is 20.4. The SMILES string of the molecule is CNc1ccc(S(=O)(=O)c2ccc(S(=O)(=O)CCN3CCN(S(C)(=O)=O)CC3)cc2)s1. The smallest absolute Gasteiger partial charge is 0.216 e. The maximum Gasteiger partial charge on any atom is 0.216 e. The lowest BCUT2D eigenvalue weighted by atomic mass is 10.4. The van der Waals surface area contributed by atoms with E-state index in [2.05, 4.69) is 5.32 Å². The molecule has 0 spiro atoms. The Morgan fingerprint density at radius 3 is 1.97 bits per heavy atom. The van der Waals surface area contributed by atoms with Gasteiger partial charge in [-0.05, 0) is 36.4 Å². The van der Waals surface area contributed by atoms with Gasteiger partial charge in [0.25, 0.3) is 0 Å². The molecule has 2 aromatic rings. The molecule has 0 atom stereocenters. The van der Waals surface area contributed by atoms with Gasteiger partial charge in [-0.3, -0.25) is 4.90 Å². The molecular weight excluding hydrogens is 482 g/mol. The number of nitrogens with zero attached hydrogens (tertiary/aromatic N) is 2. The lowest BCUT2D eigenvalue weighted by Crippen LogP contribution is -2.49. The summed E-state index contributed by atoms with van der Waals surface area (Å²) < 4.78 is 75.5. The van der Waals surface area contributed by atoms with E-state index in [1.807, 2.05) is 4.90 Å². The molecule has 1 saturated heterocycles. The van der Waals surface area contributed by atoms with Gasteiger partial charge in [0.05, 0.1) is 26.8 Å². The van der Waals surface area contributed by atoms with Gasteiger partial charge in [-0.2, -0.15) is 4.31 Å². The second-order valence-electron chi connectivity index (χ2n) is 7.17. The number of rotatable bonds is 8. The Hall–Kier alpha value is -1.51. The number of nitrogens with one attached hydrogen (secondary N) is 1. The summed E-state index contributed by atoms with van der Waals surface area (Å²) in [6.45, 7) is 1.89. The minimum absolute atomic E-state index is 0.0350. The molecule has 1 aliphatic heterocycles. The number of hydrogen-bond donors (Lipinski definition) is 1. The Labute approximate surface area is 187 Å². The minimum Gasteiger partial charge on any atom is -0.380 e. The fourth-order valence-electron chi connectivity index (χ4n) is 3.19. The summed E-state index contributed by atoms with van der Waals surface area (Å²) in [5.41, 5.74) is 0. The number of piperazine rings is 1. The maximum atomic E-state index is 12.7. The van der Waals surface area contributed by atoms with Crippen molar-refractivity contribution in [2.24, 2.45) is 0 Å². The Morgan fingerprint density at radius 2 is 1.45 bits per heavy atom. The Morgan fingerprint density at radius 1 is 0.871 bits per heavy atom. The van der Waals surface area contributed by atoms with Gasteiger partial charge in [-0.15, -0.1) is 11.3 Å². The largest absolute Gasteiger partial charge is 0.380 e. The molecule has 172 valence electrons. The number of anilines is 1. The molecule has 0 radical (unpaired) electrons. The highest BCUT2D eigenvalue weighted by Crippen LogP contribution is 2.31. The summed E-state index contributed by atoms with van der Waals surface area (Å²) in [7, 11) is -8.85. The summed E-state index contributed by atoms with van der Waals surface area (Å²) in [6.07, 6.45) is 1.16. The lowest BCUT2D eigenvalue weighted by Gasteiger charge is -2.33. The van der Waals surface area contributed by atoms with Crippen LogP contribution in [0, 0.1) is 0 Å². The first kappa shape index (κ1) is 24.1. The van der Waals surface area contributed by atoms with Gasteiger partial charge in [0.15, 0.2) is 9.84 Å². The average molecular weight is 508 g/mol. The molecule has 2 heterocycles. The highest BCUT2D eigenvalue weighted by Gasteiger charge is 2.25. The fourth-order valence-corrected chi connectivity index (χ4v) is 7.87. The Bertz CT molecular complexity index is 1230. The van der Waals surface area contributed by atoms with Gasteiger partial charge in [0, 0.05) is 39.8 Å². The van der Waals surface area contributed by atoms with Crippen molar-refractivity contribution in [3.63, 3.8) is 0 Å². The van der Waals surface area contributed by atoms with Crippen LogP contribution in [0.3, 0.4) is 0 Å². The highest BCUT2D eigenvalue weighted by atomic mass is 32.2. The number of benzene rings is 1. The first-order valence-corrected chi connectivity index (χ1v) is 15.3. The summed E-state index contributed by atoms with van der Waals surface area (Å²) in [5.74, 6) is -0.131. The summed E-state index contributed by atoms with van der Waals surface area (Å²) in [5, 5.41) is 3.61. The third-order valence-electron chi connectivity index (χ3n) is 5.06. The van der Waals surface area contributed by atoms with E-state index in [4.69, 9.17) is 0 Å². The lowest BCUT2D eigenvalue weighted by molar-refractivity contribution is 0.197. The van der Waals surface area contributed by atoms with E-state index in [-0.39, 0.29) is 26.3 Å².